The monoisotopic (exact) mass is 318 g/mol. The first-order valence-electron chi connectivity index (χ1n) is 6.59. The van der Waals surface area contributed by atoms with Crippen LogP contribution >= 0.6 is 11.6 Å². The van der Waals surface area contributed by atoms with E-state index in [1.54, 1.807) is 18.2 Å². The molecule has 1 aliphatic heterocycles. The number of fused-ring (bicyclic) bond motifs is 1. The molecule has 1 atom stereocenters. The molecular formula is C16H12ClFN2O2. The first-order chi connectivity index (χ1) is 10.6. The molecule has 4 nitrogen and oxygen atoms in total. The maximum Gasteiger partial charge on any atom is 0.341 e. The van der Waals surface area contributed by atoms with E-state index in [2.05, 4.69) is 5.16 Å². The molecule has 0 radical (unpaired) electrons. The fourth-order valence-corrected chi connectivity index (χ4v) is 2.43. The van der Waals surface area contributed by atoms with Crippen molar-refractivity contribution in [2.75, 3.05) is 11.9 Å². The smallest absolute Gasteiger partial charge is 0.341 e. The maximum atomic E-state index is 13.8. The molecule has 3 rings (SSSR count). The molecule has 2 aromatic rings. The lowest BCUT2D eigenvalue weighted by Crippen LogP contribution is -2.37. The molecule has 1 amide bonds. The van der Waals surface area contributed by atoms with Gasteiger partial charge in [0.05, 0.1) is 5.69 Å². The summed E-state index contributed by atoms with van der Waals surface area (Å²) in [5.74, 6) is -0.820. The fourth-order valence-electron chi connectivity index (χ4n) is 2.26. The summed E-state index contributed by atoms with van der Waals surface area (Å²) in [6.45, 7) is 0. The molecule has 6 heteroatoms. The van der Waals surface area contributed by atoms with E-state index >= 15 is 0 Å². The molecule has 0 spiro atoms. The third kappa shape index (κ3) is 2.55. The predicted molar refractivity (Wildman–Crippen MR) is 82.9 cm³/mol. The van der Waals surface area contributed by atoms with Gasteiger partial charge in [-0.15, -0.1) is 0 Å². The lowest BCUT2D eigenvalue weighted by molar-refractivity contribution is -0.141. The Balaban J connectivity index is 2.23. The maximum absolute atomic E-state index is 13.8. The fraction of sp³-hybridized carbons (Fsp3) is 0.125. The lowest BCUT2D eigenvalue weighted by atomic mass is 10.00. The van der Waals surface area contributed by atoms with Crippen LogP contribution < -0.4 is 4.90 Å². The molecule has 2 aromatic carbocycles. The number of carbonyl (C=O) groups is 1. The topological polar surface area (TPSA) is 41.9 Å². The third-order valence-electron chi connectivity index (χ3n) is 3.38. The van der Waals surface area contributed by atoms with Gasteiger partial charge in [-0.1, -0.05) is 47.1 Å². The van der Waals surface area contributed by atoms with Crippen LogP contribution in [0.3, 0.4) is 0 Å². The zero-order chi connectivity index (χ0) is 15.7. The summed E-state index contributed by atoms with van der Waals surface area (Å²) in [5.41, 5.74) is 2.27. The second-order valence-electron chi connectivity index (χ2n) is 4.79. The largest absolute Gasteiger partial charge is 0.347 e. The molecule has 0 saturated heterocycles. The van der Waals surface area contributed by atoms with Crippen molar-refractivity contribution in [1.82, 2.24) is 0 Å². The number of benzene rings is 2. The van der Waals surface area contributed by atoms with Crippen molar-refractivity contribution in [1.29, 1.82) is 0 Å². The van der Waals surface area contributed by atoms with Gasteiger partial charge < -0.3 is 9.74 Å². The summed E-state index contributed by atoms with van der Waals surface area (Å²) in [6, 6.07) is 14.2. The Hall–Kier alpha value is -2.40. The SMILES string of the molecule is CN1C(=O)C(F)O/N=C(/c2ccccc2)c2cc(Cl)ccc21. The molecule has 1 unspecified atom stereocenters. The highest BCUT2D eigenvalue weighted by molar-refractivity contribution is 6.31. The lowest BCUT2D eigenvalue weighted by Gasteiger charge is -2.25. The van der Waals surface area contributed by atoms with Gasteiger partial charge >= 0.3 is 12.3 Å². The first kappa shape index (κ1) is 14.5. The summed E-state index contributed by atoms with van der Waals surface area (Å²) in [7, 11) is 1.49. The van der Waals surface area contributed by atoms with Crippen LogP contribution in [-0.4, -0.2) is 25.0 Å². The first-order valence-corrected chi connectivity index (χ1v) is 6.96. The van der Waals surface area contributed by atoms with Crippen molar-refractivity contribution in [2.24, 2.45) is 5.16 Å². The van der Waals surface area contributed by atoms with Gasteiger partial charge in [-0.2, -0.15) is 4.39 Å². The normalized spacial score (nSPS) is 20.3. The highest BCUT2D eigenvalue weighted by Gasteiger charge is 2.29. The number of likely N-dealkylation sites (N-methyl/N-ethyl adjacent to an activating group) is 1. The molecular weight excluding hydrogens is 307 g/mol. The minimum atomic E-state index is -2.15. The number of halogens is 2. The summed E-state index contributed by atoms with van der Waals surface area (Å²) in [5, 5.41) is 4.32. The molecule has 22 heavy (non-hydrogen) atoms. The van der Waals surface area contributed by atoms with Crippen LogP contribution in [0.5, 0.6) is 0 Å². The number of amides is 1. The van der Waals surface area contributed by atoms with Crippen LogP contribution in [0.15, 0.2) is 53.7 Å². The quantitative estimate of drug-likeness (QED) is 0.809. The third-order valence-corrected chi connectivity index (χ3v) is 3.62. The minimum absolute atomic E-state index is 0.417. The zero-order valence-electron chi connectivity index (χ0n) is 11.7. The van der Waals surface area contributed by atoms with Gasteiger partial charge in [0.25, 0.3) is 0 Å². The second-order valence-corrected chi connectivity index (χ2v) is 5.22. The minimum Gasteiger partial charge on any atom is -0.347 e. The molecule has 1 heterocycles. The molecule has 1 aliphatic rings. The highest BCUT2D eigenvalue weighted by atomic mass is 35.5. The summed E-state index contributed by atoms with van der Waals surface area (Å²) < 4.78 is 13.8. The van der Waals surface area contributed by atoms with Crippen molar-refractivity contribution in [3.63, 3.8) is 0 Å². The number of alkyl halides is 1. The van der Waals surface area contributed by atoms with Crippen LogP contribution in [0, 0.1) is 0 Å². The van der Waals surface area contributed by atoms with E-state index in [1.165, 1.54) is 11.9 Å². The number of nitrogens with zero attached hydrogens (tertiary/aromatic N) is 2. The van der Waals surface area contributed by atoms with Crippen LogP contribution in [-0.2, 0) is 9.63 Å². The zero-order valence-corrected chi connectivity index (χ0v) is 12.4. The van der Waals surface area contributed by atoms with Gasteiger partial charge in [0, 0.05) is 23.2 Å². The average Bonchev–Trinajstić information content (AvgIpc) is 2.54. The van der Waals surface area contributed by atoms with Crippen molar-refractivity contribution in [3.05, 3.63) is 64.7 Å². The van der Waals surface area contributed by atoms with Crippen molar-refractivity contribution >= 4 is 28.9 Å². The van der Waals surface area contributed by atoms with Crippen molar-refractivity contribution in [2.45, 2.75) is 6.36 Å². The summed E-state index contributed by atoms with van der Waals surface area (Å²) >= 11 is 6.06. The predicted octanol–water partition coefficient (Wildman–Crippen LogP) is 3.38. The molecule has 0 aliphatic carbocycles. The Morgan fingerprint density at radius 1 is 1.23 bits per heavy atom. The molecule has 0 saturated carbocycles. The number of carbonyl (C=O) groups excluding carboxylic acids is 1. The van der Waals surface area contributed by atoms with E-state index < -0.39 is 12.3 Å². The Bertz CT molecular complexity index is 749. The van der Waals surface area contributed by atoms with Crippen molar-refractivity contribution < 1.29 is 14.0 Å². The van der Waals surface area contributed by atoms with Gasteiger partial charge in [-0.05, 0) is 18.2 Å². The number of anilines is 1. The molecule has 0 fully saturated rings. The standard InChI is InChI=1S/C16H12ClFN2O2/c1-20-13-8-7-11(17)9-12(13)14(10-5-3-2-4-6-10)19-22-15(18)16(20)21/h2-9,15H,1H3/b19-14-. The van der Waals surface area contributed by atoms with E-state index in [4.69, 9.17) is 16.4 Å². The molecule has 0 N–H and O–H groups in total. The Kier molecular flexibility index (Phi) is 3.81. The second kappa shape index (κ2) is 5.77. The van der Waals surface area contributed by atoms with Crippen LogP contribution in [0.2, 0.25) is 5.02 Å². The van der Waals surface area contributed by atoms with Crippen LogP contribution in [0.1, 0.15) is 11.1 Å². The average molecular weight is 319 g/mol. The van der Waals surface area contributed by atoms with E-state index in [1.807, 2.05) is 30.3 Å². The van der Waals surface area contributed by atoms with Crippen LogP contribution in [0.25, 0.3) is 0 Å². The van der Waals surface area contributed by atoms with E-state index in [0.717, 1.165) is 5.56 Å². The van der Waals surface area contributed by atoms with E-state index in [0.29, 0.717) is 22.0 Å². The van der Waals surface area contributed by atoms with Gasteiger partial charge in [0.1, 0.15) is 5.71 Å². The number of oxime groups is 1. The number of hydrogen-bond donors (Lipinski definition) is 0. The van der Waals surface area contributed by atoms with Gasteiger partial charge in [0.2, 0.25) is 0 Å². The molecule has 0 bridgehead atoms. The Morgan fingerprint density at radius 3 is 2.68 bits per heavy atom. The Morgan fingerprint density at radius 2 is 1.95 bits per heavy atom. The number of rotatable bonds is 1. The number of hydrogen-bond acceptors (Lipinski definition) is 3. The van der Waals surface area contributed by atoms with E-state index in [-0.39, 0.29) is 0 Å². The van der Waals surface area contributed by atoms with Gasteiger partial charge in [-0.25, -0.2) is 0 Å². The molecule has 112 valence electrons. The summed E-state index contributed by atoms with van der Waals surface area (Å²) in [4.78, 5) is 17.8. The molecule has 0 aromatic heterocycles. The van der Waals surface area contributed by atoms with Gasteiger partial charge in [-0.3, -0.25) is 4.79 Å². The summed E-state index contributed by atoms with van der Waals surface area (Å²) in [6.07, 6.45) is -2.15. The van der Waals surface area contributed by atoms with Gasteiger partial charge in [0.15, 0.2) is 0 Å². The van der Waals surface area contributed by atoms with Crippen molar-refractivity contribution in [3.8, 4) is 0 Å². The highest BCUT2D eigenvalue weighted by Crippen LogP contribution is 2.29. The van der Waals surface area contributed by atoms with Crippen LogP contribution in [0.4, 0.5) is 10.1 Å². The Labute approximate surface area is 131 Å². The van der Waals surface area contributed by atoms with E-state index in [9.17, 15) is 9.18 Å².